The van der Waals surface area contributed by atoms with Crippen LogP contribution < -0.4 is 0 Å². The number of likely N-dealkylation sites (N-methyl/N-ethyl adjacent to an activating group) is 1. The first-order chi connectivity index (χ1) is 8.69. The maximum Gasteiger partial charge on any atom is 0.124 e. The van der Waals surface area contributed by atoms with Gasteiger partial charge in [-0.3, -0.25) is 4.90 Å². The SMILES string of the molecule is CN1CCN(Cc2cc(CC=O)ccc2O)CC1. The fourth-order valence-corrected chi connectivity index (χ4v) is 2.24. The van der Waals surface area contributed by atoms with Crippen LogP contribution in [0.4, 0.5) is 0 Å². The summed E-state index contributed by atoms with van der Waals surface area (Å²) in [5.41, 5.74) is 1.88. The number of piperazine rings is 1. The number of phenolic OH excluding ortho intramolecular Hbond substituents is 1. The lowest BCUT2D eigenvalue weighted by atomic mass is 10.1. The highest BCUT2D eigenvalue weighted by molar-refractivity contribution is 5.55. The second-order valence-corrected chi connectivity index (χ2v) is 4.91. The van der Waals surface area contributed by atoms with Crippen LogP contribution in [0.3, 0.4) is 0 Å². The molecule has 0 atom stereocenters. The largest absolute Gasteiger partial charge is 0.508 e. The van der Waals surface area contributed by atoms with Gasteiger partial charge in [0, 0.05) is 44.7 Å². The molecular formula is C14H20N2O2. The van der Waals surface area contributed by atoms with Crippen LogP contribution in [0.2, 0.25) is 0 Å². The number of nitrogens with zero attached hydrogens (tertiary/aromatic N) is 2. The van der Waals surface area contributed by atoms with Crippen molar-refractivity contribution in [3.8, 4) is 5.75 Å². The molecule has 0 radical (unpaired) electrons. The number of phenols is 1. The van der Waals surface area contributed by atoms with Gasteiger partial charge in [0.2, 0.25) is 0 Å². The minimum Gasteiger partial charge on any atom is -0.508 e. The van der Waals surface area contributed by atoms with E-state index in [-0.39, 0.29) is 0 Å². The van der Waals surface area contributed by atoms with Crippen LogP contribution >= 0.6 is 0 Å². The Bertz CT molecular complexity index is 412. The van der Waals surface area contributed by atoms with Gasteiger partial charge in [-0.1, -0.05) is 12.1 Å². The molecule has 4 heteroatoms. The molecule has 2 rings (SSSR count). The third-order valence-electron chi connectivity index (χ3n) is 3.45. The van der Waals surface area contributed by atoms with E-state index >= 15 is 0 Å². The molecule has 1 fully saturated rings. The maximum absolute atomic E-state index is 10.5. The second kappa shape index (κ2) is 5.98. The van der Waals surface area contributed by atoms with Gasteiger partial charge in [0.25, 0.3) is 0 Å². The highest BCUT2D eigenvalue weighted by Crippen LogP contribution is 2.21. The van der Waals surface area contributed by atoms with Crippen molar-refractivity contribution in [3.63, 3.8) is 0 Å². The molecule has 98 valence electrons. The van der Waals surface area contributed by atoms with E-state index in [0.29, 0.717) is 12.2 Å². The summed E-state index contributed by atoms with van der Waals surface area (Å²) in [7, 11) is 2.12. The summed E-state index contributed by atoms with van der Waals surface area (Å²) in [6.07, 6.45) is 1.31. The number of carbonyl (C=O) groups excluding carboxylic acids is 1. The van der Waals surface area contributed by atoms with Crippen molar-refractivity contribution >= 4 is 6.29 Å². The first kappa shape index (κ1) is 13.1. The molecule has 0 aromatic heterocycles. The van der Waals surface area contributed by atoms with Gasteiger partial charge in [0.05, 0.1) is 0 Å². The van der Waals surface area contributed by atoms with Crippen molar-refractivity contribution in [1.29, 1.82) is 0 Å². The molecule has 1 saturated heterocycles. The van der Waals surface area contributed by atoms with E-state index < -0.39 is 0 Å². The van der Waals surface area contributed by atoms with E-state index in [9.17, 15) is 9.90 Å². The topological polar surface area (TPSA) is 43.8 Å². The quantitative estimate of drug-likeness (QED) is 0.803. The van der Waals surface area contributed by atoms with Crippen LogP contribution in [-0.2, 0) is 17.8 Å². The minimum absolute atomic E-state index is 0.323. The molecule has 1 heterocycles. The Morgan fingerprint density at radius 2 is 2.00 bits per heavy atom. The van der Waals surface area contributed by atoms with Crippen molar-refractivity contribution in [2.24, 2.45) is 0 Å². The van der Waals surface area contributed by atoms with Gasteiger partial charge in [-0.15, -0.1) is 0 Å². The van der Waals surface area contributed by atoms with Crippen molar-refractivity contribution in [3.05, 3.63) is 29.3 Å². The fourth-order valence-electron chi connectivity index (χ4n) is 2.24. The predicted molar refractivity (Wildman–Crippen MR) is 70.6 cm³/mol. The summed E-state index contributed by atoms with van der Waals surface area (Å²) in [5, 5.41) is 9.86. The number of hydrogen-bond donors (Lipinski definition) is 1. The van der Waals surface area contributed by atoms with Crippen molar-refractivity contribution < 1.29 is 9.90 Å². The van der Waals surface area contributed by atoms with Crippen LogP contribution in [0.25, 0.3) is 0 Å². The van der Waals surface area contributed by atoms with E-state index in [1.54, 1.807) is 12.1 Å². The molecule has 1 aliphatic heterocycles. The molecule has 0 spiro atoms. The van der Waals surface area contributed by atoms with Gasteiger partial charge >= 0.3 is 0 Å². The van der Waals surface area contributed by atoms with Gasteiger partial charge in [-0.05, 0) is 18.7 Å². The molecule has 0 amide bonds. The fraction of sp³-hybridized carbons (Fsp3) is 0.500. The Morgan fingerprint density at radius 1 is 1.28 bits per heavy atom. The molecule has 0 bridgehead atoms. The summed E-state index contributed by atoms with van der Waals surface area (Å²) in [6.45, 7) is 4.93. The van der Waals surface area contributed by atoms with Gasteiger partial charge in [-0.25, -0.2) is 0 Å². The highest BCUT2D eigenvalue weighted by atomic mass is 16.3. The van der Waals surface area contributed by atoms with Crippen molar-refractivity contribution in [1.82, 2.24) is 9.80 Å². The van der Waals surface area contributed by atoms with Crippen LogP contribution in [-0.4, -0.2) is 54.4 Å². The molecule has 0 aliphatic carbocycles. The van der Waals surface area contributed by atoms with E-state index in [2.05, 4.69) is 16.8 Å². The van der Waals surface area contributed by atoms with Gasteiger partial charge in [0.15, 0.2) is 0 Å². The third kappa shape index (κ3) is 3.31. The molecule has 0 saturated carbocycles. The highest BCUT2D eigenvalue weighted by Gasteiger charge is 2.15. The first-order valence-electron chi connectivity index (χ1n) is 6.34. The molecule has 1 aliphatic rings. The Hall–Kier alpha value is -1.39. The zero-order chi connectivity index (χ0) is 13.0. The minimum atomic E-state index is 0.323. The van der Waals surface area contributed by atoms with Crippen molar-refractivity contribution in [2.75, 3.05) is 33.2 Å². The molecule has 18 heavy (non-hydrogen) atoms. The van der Waals surface area contributed by atoms with Crippen LogP contribution in [0.5, 0.6) is 5.75 Å². The average Bonchev–Trinajstić information content (AvgIpc) is 2.36. The summed E-state index contributed by atoms with van der Waals surface area (Å²) < 4.78 is 0. The molecule has 4 nitrogen and oxygen atoms in total. The van der Waals surface area contributed by atoms with Gasteiger partial charge < -0.3 is 14.8 Å². The molecule has 1 N–H and O–H groups in total. The Balaban J connectivity index is 2.03. The standard InChI is InChI=1S/C14H20N2O2/c1-15-5-7-16(8-6-15)11-13-10-12(4-9-17)2-3-14(13)18/h2-3,9-10,18H,4-8,11H2,1H3. The Labute approximate surface area is 108 Å². The van der Waals surface area contributed by atoms with E-state index in [1.165, 1.54) is 0 Å². The molecule has 0 unspecified atom stereocenters. The third-order valence-corrected chi connectivity index (χ3v) is 3.45. The second-order valence-electron chi connectivity index (χ2n) is 4.91. The molecular weight excluding hydrogens is 228 g/mol. The van der Waals surface area contributed by atoms with Crippen LogP contribution in [0.1, 0.15) is 11.1 Å². The average molecular weight is 248 g/mol. The smallest absolute Gasteiger partial charge is 0.124 e. The van der Waals surface area contributed by atoms with Crippen molar-refractivity contribution in [2.45, 2.75) is 13.0 Å². The molecule has 1 aromatic carbocycles. The number of carbonyl (C=O) groups is 1. The maximum atomic E-state index is 10.5. The van der Waals surface area contributed by atoms with E-state index in [4.69, 9.17) is 0 Å². The summed E-state index contributed by atoms with van der Waals surface area (Å²) >= 11 is 0. The zero-order valence-electron chi connectivity index (χ0n) is 10.8. The number of aldehydes is 1. The Kier molecular flexibility index (Phi) is 4.33. The van der Waals surface area contributed by atoms with Crippen LogP contribution in [0, 0.1) is 0 Å². The number of aromatic hydroxyl groups is 1. The summed E-state index contributed by atoms with van der Waals surface area (Å²) in [6, 6.07) is 5.42. The summed E-state index contributed by atoms with van der Waals surface area (Å²) in [5.74, 6) is 0.323. The number of hydrogen-bond acceptors (Lipinski definition) is 4. The van der Waals surface area contributed by atoms with Gasteiger partial charge in [0.1, 0.15) is 12.0 Å². The van der Waals surface area contributed by atoms with E-state index in [0.717, 1.165) is 50.1 Å². The lowest BCUT2D eigenvalue weighted by molar-refractivity contribution is -0.107. The first-order valence-corrected chi connectivity index (χ1v) is 6.34. The number of rotatable bonds is 4. The zero-order valence-corrected chi connectivity index (χ0v) is 10.8. The summed E-state index contributed by atoms with van der Waals surface area (Å²) in [4.78, 5) is 15.2. The lowest BCUT2D eigenvalue weighted by Crippen LogP contribution is -2.43. The molecule has 1 aromatic rings. The van der Waals surface area contributed by atoms with Crippen LogP contribution in [0.15, 0.2) is 18.2 Å². The Morgan fingerprint density at radius 3 is 2.67 bits per heavy atom. The van der Waals surface area contributed by atoms with E-state index in [1.807, 2.05) is 6.07 Å². The normalized spacial score (nSPS) is 17.8. The van der Waals surface area contributed by atoms with Gasteiger partial charge in [-0.2, -0.15) is 0 Å². The predicted octanol–water partition coefficient (Wildman–Crippen LogP) is 0.881. The monoisotopic (exact) mass is 248 g/mol. The lowest BCUT2D eigenvalue weighted by Gasteiger charge is -2.32. The number of benzene rings is 1.